The first-order valence-electron chi connectivity index (χ1n) is 5.14. The number of hydrogen-bond donors (Lipinski definition) is 2. The molecule has 2 rings (SSSR count). The molecule has 0 radical (unpaired) electrons. The Hall–Kier alpha value is -0.930. The molecule has 1 aromatic rings. The highest BCUT2D eigenvalue weighted by Crippen LogP contribution is 2.17. The molecule has 3 nitrogen and oxygen atoms in total. The van der Waals surface area contributed by atoms with Gasteiger partial charge in [-0.1, -0.05) is 6.07 Å². The number of nitrogens with zero attached hydrogens (tertiary/aromatic N) is 1. The topological polar surface area (TPSA) is 45.1 Å². The summed E-state index contributed by atoms with van der Waals surface area (Å²) in [6.45, 7) is 1.74. The molecule has 14 heavy (non-hydrogen) atoms. The van der Waals surface area contributed by atoms with Crippen LogP contribution >= 0.6 is 0 Å². The van der Waals surface area contributed by atoms with Crippen molar-refractivity contribution in [2.75, 3.05) is 13.1 Å². The smallest absolute Gasteiger partial charge is 0.0696 e. The van der Waals surface area contributed by atoms with Crippen molar-refractivity contribution in [1.29, 1.82) is 0 Å². The summed E-state index contributed by atoms with van der Waals surface area (Å²) < 4.78 is 0. The molecule has 2 unspecified atom stereocenters. The van der Waals surface area contributed by atoms with E-state index in [1.54, 1.807) is 6.20 Å². The predicted molar refractivity (Wildman–Crippen MR) is 54.9 cm³/mol. The van der Waals surface area contributed by atoms with Gasteiger partial charge in [0.05, 0.1) is 6.10 Å². The zero-order valence-electron chi connectivity index (χ0n) is 8.19. The Morgan fingerprint density at radius 2 is 2.50 bits per heavy atom. The first-order chi connectivity index (χ1) is 6.86. The maximum Gasteiger partial charge on any atom is 0.0696 e. The highest BCUT2D eigenvalue weighted by molar-refractivity contribution is 5.10. The summed E-state index contributed by atoms with van der Waals surface area (Å²) >= 11 is 0. The van der Waals surface area contributed by atoms with Gasteiger partial charge in [-0.3, -0.25) is 4.98 Å². The number of piperidine rings is 1. The number of nitrogens with one attached hydrogen (secondary N) is 1. The van der Waals surface area contributed by atoms with Crippen molar-refractivity contribution in [1.82, 2.24) is 10.3 Å². The van der Waals surface area contributed by atoms with E-state index >= 15 is 0 Å². The van der Waals surface area contributed by atoms with Gasteiger partial charge in [0, 0.05) is 18.9 Å². The Bertz CT molecular complexity index is 276. The number of β-amino-alcohol motifs (C(OH)–C–C–N with tert-alkyl or cyclic N) is 1. The highest BCUT2D eigenvalue weighted by Gasteiger charge is 2.22. The third kappa shape index (κ3) is 2.30. The molecule has 0 amide bonds. The Morgan fingerprint density at radius 1 is 1.57 bits per heavy atom. The van der Waals surface area contributed by atoms with Crippen molar-refractivity contribution >= 4 is 0 Å². The Kier molecular flexibility index (Phi) is 3.11. The first kappa shape index (κ1) is 9.62. The predicted octanol–water partition coefficient (Wildman–Crippen LogP) is 0.594. The molecule has 1 fully saturated rings. The summed E-state index contributed by atoms with van der Waals surface area (Å²) in [4.78, 5) is 4.08. The molecule has 0 saturated carbocycles. The second-order valence-corrected chi connectivity index (χ2v) is 3.89. The molecule has 0 bridgehead atoms. The van der Waals surface area contributed by atoms with E-state index in [2.05, 4.69) is 16.4 Å². The molecule has 0 aliphatic carbocycles. The molecular weight excluding hydrogens is 176 g/mol. The lowest BCUT2D eigenvalue weighted by Gasteiger charge is -2.28. The summed E-state index contributed by atoms with van der Waals surface area (Å²) in [5, 5.41) is 12.9. The van der Waals surface area contributed by atoms with E-state index in [1.165, 1.54) is 5.56 Å². The quantitative estimate of drug-likeness (QED) is 0.721. The largest absolute Gasteiger partial charge is 0.392 e. The second kappa shape index (κ2) is 4.53. The van der Waals surface area contributed by atoms with Crippen LogP contribution in [0.25, 0.3) is 0 Å². The lowest BCUT2D eigenvalue weighted by Crippen LogP contribution is -2.41. The van der Waals surface area contributed by atoms with E-state index in [1.807, 2.05) is 12.3 Å². The van der Waals surface area contributed by atoms with Gasteiger partial charge in [-0.05, 0) is 36.9 Å². The summed E-state index contributed by atoms with van der Waals surface area (Å²) in [6, 6.07) is 4.02. The molecule has 1 saturated heterocycles. The minimum Gasteiger partial charge on any atom is -0.392 e. The van der Waals surface area contributed by atoms with Gasteiger partial charge in [0.1, 0.15) is 0 Å². The summed E-state index contributed by atoms with van der Waals surface area (Å²) in [5.74, 6) is 0.389. The van der Waals surface area contributed by atoms with Gasteiger partial charge in [-0.2, -0.15) is 0 Å². The normalized spacial score (nSPS) is 27.5. The van der Waals surface area contributed by atoms with Crippen LogP contribution < -0.4 is 5.32 Å². The van der Waals surface area contributed by atoms with Gasteiger partial charge >= 0.3 is 0 Å². The lowest BCUT2D eigenvalue weighted by atomic mass is 9.89. The molecule has 76 valence electrons. The fraction of sp³-hybridized carbons (Fsp3) is 0.545. The van der Waals surface area contributed by atoms with Gasteiger partial charge in [0.2, 0.25) is 0 Å². The molecule has 2 atom stereocenters. The van der Waals surface area contributed by atoms with Crippen LogP contribution in [0.1, 0.15) is 12.0 Å². The Labute approximate surface area is 84.2 Å². The van der Waals surface area contributed by atoms with Crippen LogP contribution in [0.4, 0.5) is 0 Å². The summed E-state index contributed by atoms with van der Waals surface area (Å²) in [5.41, 5.74) is 1.22. The number of pyridine rings is 1. The van der Waals surface area contributed by atoms with Crippen molar-refractivity contribution in [3.63, 3.8) is 0 Å². The standard InChI is InChI=1S/C11H16N2O/c14-11-8-13-5-3-10(11)6-9-2-1-4-12-7-9/h1-2,4,7,10-11,13-14H,3,5-6,8H2. The number of rotatable bonds is 2. The minimum atomic E-state index is -0.205. The van der Waals surface area contributed by atoms with E-state index in [9.17, 15) is 5.11 Å². The third-order valence-corrected chi connectivity index (χ3v) is 2.81. The van der Waals surface area contributed by atoms with Gasteiger partial charge < -0.3 is 10.4 Å². The summed E-state index contributed by atoms with van der Waals surface area (Å²) in [6.07, 6.45) is 5.45. The van der Waals surface area contributed by atoms with Gasteiger partial charge in [-0.15, -0.1) is 0 Å². The molecule has 2 N–H and O–H groups in total. The Morgan fingerprint density at radius 3 is 3.21 bits per heavy atom. The maximum atomic E-state index is 9.75. The van der Waals surface area contributed by atoms with E-state index in [4.69, 9.17) is 0 Å². The van der Waals surface area contributed by atoms with Gasteiger partial charge in [0.25, 0.3) is 0 Å². The zero-order chi connectivity index (χ0) is 9.80. The van der Waals surface area contributed by atoms with Crippen molar-refractivity contribution < 1.29 is 5.11 Å². The molecule has 2 heterocycles. The lowest BCUT2D eigenvalue weighted by molar-refractivity contribution is 0.0820. The fourth-order valence-corrected chi connectivity index (χ4v) is 1.96. The molecule has 3 heteroatoms. The van der Waals surface area contributed by atoms with Gasteiger partial charge in [-0.25, -0.2) is 0 Å². The highest BCUT2D eigenvalue weighted by atomic mass is 16.3. The van der Waals surface area contributed by atoms with E-state index in [-0.39, 0.29) is 6.10 Å². The number of aromatic nitrogens is 1. The van der Waals surface area contributed by atoms with E-state index in [0.717, 1.165) is 25.9 Å². The van der Waals surface area contributed by atoms with Crippen LogP contribution in [0.5, 0.6) is 0 Å². The van der Waals surface area contributed by atoms with Crippen LogP contribution in [0.15, 0.2) is 24.5 Å². The van der Waals surface area contributed by atoms with Crippen molar-refractivity contribution in [2.45, 2.75) is 18.9 Å². The van der Waals surface area contributed by atoms with E-state index in [0.29, 0.717) is 5.92 Å². The average molecular weight is 192 g/mol. The molecular formula is C11H16N2O. The minimum absolute atomic E-state index is 0.205. The third-order valence-electron chi connectivity index (χ3n) is 2.81. The van der Waals surface area contributed by atoms with E-state index < -0.39 is 0 Å². The maximum absolute atomic E-state index is 9.75. The molecule has 1 aromatic heterocycles. The number of aliphatic hydroxyl groups excluding tert-OH is 1. The van der Waals surface area contributed by atoms with Crippen LogP contribution in [0, 0.1) is 5.92 Å². The number of hydrogen-bond acceptors (Lipinski definition) is 3. The van der Waals surface area contributed by atoms with Crippen LogP contribution in [-0.4, -0.2) is 29.3 Å². The first-order valence-corrected chi connectivity index (χ1v) is 5.14. The average Bonchev–Trinajstić information content (AvgIpc) is 2.23. The molecule has 1 aliphatic heterocycles. The van der Waals surface area contributed by atoms with Crippen molar-refractivity contribution in [3.8, 4) is 0 Å². The number of aliphatic hydroxyl groups is 1. The molecule has 0 spiro atoms. The fourth-order valence-electron chi connectivity index (χ4n) is 1.96. The SMILES string of the molecule is OC1CNCCC1Cc1cccnc1. The summed E-state index contributed by atoms with van der Waals surface area (Å²) in [7, 11) is 0. The van der Waals surface area contributed by atoms with Crippen molar-refractivity contribution in [3.05, 3.63) is 30.1 Å². The van der Waals surface area contributed by atoms with Crippen molar-refractivity contribution in [2.24, 2.45) is 5.92 Å². The monoisotopic (exact) mass is 192 g/mol. The zero-order valence-corrected chi connectivity index (χ0v) is 8.19. The van der Waals surface area contributed by atoms with Crippen LogP contribution in [0.2, 0.25) is 0 Å². The van der Waals surface area contributed by atoms with Gasteiger partial charge in [0.15, 0.2) is 0 Å². The van der Waals surface area contributed by atoms with Crippen LogP contribution in [0.3, 0.4) is 0 Å². The second-order valence-electron chi connectivity index (χ2n) is 3.89. The Balaban J connectivity index is 1.96. The molecule has 0 aromatic carbocycles. The van der Waals surface area contributed by atoms with Crippen LogP contribution in [-0.2, 0) is 6.42 Å². The molecule has 1 aliphatic rings.